The van der Waals surface area contributed by atoms with E-state index in [1.807, 2.05) is 42.5 Å². The van der Waals surface area contributed by atoms with Crippen LogP contribution in [-0.4, -0.2) is 12.5 Å². The van der Waals surface area contributed by atoms with Crippen molar-refractivity contribution in [2.24, 2.45) is 0 Å². The minimum absolute atomic E-state index is 0.0152. The summed E-state index contributed by atoms with van der Waals surface area (Å²) in [7, 11) is 0. The maximum absolute atomic E-state index is 11.8. The van der Waals surface area contributed by atoms with E-state index in [2.05, 4.69) is 10.6 Å². The van der Waals surface area contributed by atoms with Gasteiger partial charge in [0.1, 0.15) is 0 Å². The fraction of sp³-hybridized carbons (Fsp3) is 0.188. The molecule has 0 bridgehead atoms. The molecule has 0 saturated heterocycles. The van der Waals surface area contributed by atoms with Crippen LogP contribution in [0.3, 0.4) is 0 Å². The monoisotopic (exact) mass is 286 g/mol. The van der Waals surface area contributed by atoms with Crippen LogP contribution in [0, 0.1) is 0 Å². The summed E-state index contributed by atoms with van der Waals surface area (Å²) in [6, 6.07) is 13.7. The number of anilines is 1. The average Bonchev–Trinajstić information content (AvgIpc) is 2.47. The molecular formula is C16H15ClN2O. The Morgan fingerprint density at radius 1 is 1.15 bits per heavy atom. The van der Waals surface area contributed by atoms with Crippen LogP contribution in [0.2, 0.25) is 5.02 Å². The zero-order valence-corrected chi connectivity index (χ0v) is 11.7. The molecule has 20 heavy (non-hydrogen) atoms. The second kappa shape index (κ2) is 5.55. The van der Waals surface area contributed by atoms with Gasteiger partial charge in [0.25, 0.3) is 5.91 Å². The Morgan fingerprint density at radius 3 is 2.75 bits per heavy atom. The van der Waals surface area contributed by atoms with Crippen molar-refractivity contribution in [2.45, 2.75) is 13.0 Å². The summed E-state index contributed by atoms with van der Waals surface area (Å²) in [5.74, 6) is 0.0152. The van der Waals surface area contributed by atoms with E-state index in [0.29, 0.717) is 6.54 Å². The Bertz CT molecular complexity index is 637. The van der Waals surface area contributed by atoms with Crippen LogP contribution >= 0.6 is 11.6 Å². The molecule has 0 aromatic heterocycles. The van der Waals surface area contributed by atoms with Crippen molar-refractivity contribution in [3.8, 4) is 0 Å². The molecule has 4 heteroatoms. The first-order chi connectivity index (χ1) is 9.72. The van der Waals surface area contributed by atoms with E-state index in [1.165, 1.54) is 0 Å². The molecule has 2 aromatic carbocycles. The molecule has 0 unspecified atom stereocenters. The lowest BCUT2D eigenvalue weighted by atomic mass is 10.00. The van der Waals surface area contributed by atoms with Crippen molar-refractivity contribution in [2.75, 3.05) is 11.9 Å². The fourth-order valence-electron chi connectivity index (χ4n) is 2.33. The highest BCUT2D eigenvalue weighted by molar-refractivity contribution is 6.30. The van der Waals surface area contributed by atoms with E-state index in [-0.39, 0.29) is 5.91 Å². The van der Waals surface area contributed by atoms with Gasteiger partial charge in [-0.25, -0.2) is 0 Å². The van der Waals surface area contributed by atoms with Gasteiger partial charge in [0.2, 0.25) is 0 Å². The van der Waals surface area contributed by atoms with E-state index in [0.717, 1.165) is 40.4 Å². The Balaban J connectivity index is 1.73. The SMILES string of the molecule is O=C1NCCc2ccc(NCc3ccc(Cl)cc3)cc21. The van der Waals surface area contributed by atoms with E-state index in [1.54, 1.807) is 0 Å². The zero-order valence-electron chi connectivity index (χ0n) is 10.9. The van der Waals surface area contributed by atoms with E-state index >= 15 is 0 Å². The second-order valence-corrected chi connectivity index (χ2v) is 5.29. The summed E-state index contributed by atoms with van der Waals surface area (Å²) in [5, 5.41) is 6.93. The predicted molar refractivity (Wildman–Crippen MR) is 81.3 cm³/mol. The fourth-order valence-corrected chi connectivity index (χ4v) is 2.45. The molecule has 3 rings (SSSR count). The third-order valence-corrected chi connectivity index (χ3v) is 3.70. The topological polar surface area (TPSA) is 41.1 Å². The molecule has 0 radical (unpaired) electrons. The van der Waals surface area contributed by atoms with Gasteiger partial charge in [-0.1, -0.05) is 29.8 Å². The van der Waals surface area contributed by atoms with Crippen molar-refractivity contribution in [1.82, 2.24) is 5.32 Å². The van der Waals surface area contributed by atoms with Crippen LogP contribution in [0.5, 0.6) is 0 Å². The summed E-state index contributed by atoms with van der Waals surface area (Å²) in [6.07, 6.45) is 0.901. The molecule has 2 N–H and O–H groups in total. The van der Waals surface area contributed by atoms with Crippen LogP contribution in [-0.2, 0) is 13.0 Å². The van der Waals surface area contributed by atoms with Gasteiger partial charge < -0.3 is 10.6 Å². The molecule has 1 heterocycles. The number of rotatable bonds is 3. The maximum atomic E-state index is 11.8. The van der Waals surface area contributed by atoms with Crippen molar-refractivity contribution < 1.29 is 4.79 Å². The highest BCUT2D eigenvalue weighted by Gasteiger charge is 2.16. The molecule has 1 aliphatic rings. The van der Waals surface area contributed by atoms with Crippen LogP contribution < -0.4 is 10.6 Å². The molecule has 2 aromatic rings. The van der Waals surface area contributed by atoms with Crippen LogP contribution in [0.25, 0.3) is 0 Å². The molecule has 0 fully saturated rings. The van der Waals surface area contributed by atoms with Gasteiger partial charge in [-0.2, -0.15) is 0 Å². The quantitative estimate of drug-likeness (QED) is 0.909. The molecule has 0 saturated carbocycles. The highest BCUT2D eigenvalue weighted by atomic mass is 35.5. The predicted octanol–water partition coefficient (Wildman–Crippen LogP) is 3.24. The molecular weight excluding hydrogens is 272 g/mol. The number of hydrogen-bond acceptors (Lipinski definition) is 2. The average molecular weight is 287 g/mol. The lowest BCUT2D eigenvalue weighted by molar-refractivity contribution is 0.0946. The number of carbonyl (C=O) groups is 1. The van der Waals surface area contributed by atoms with Gasteiger partial charge in [-0.05, 0) is 41.8 Å². The van der Waals surface area contributed by atoms with E-state index in [4.69, 9.17) is 11.6 Å². The first-order valence-electron chi connectivity index (χ1n) is 6.62. The van der Waals surface area contributed by atoms with Gasteiger partial charge in [-0.3, -0.25) is 4.79 Å². The molecule has 0 aliphatic carbocycles. The Labute approximate surface area is 123 Å². The summed E-state index contributed by atoms with van der Waals surface area (Å²) < 4.78 is 0. The maximum Gasteiger partial charge on any atom is 0.251 e. The molecule has 1 aliphatic heterocycles. The van der Waals surface area contributed by atoms with Gasteiger partial charge in [0.05, 0.1) is 0 Å². The Kier molecular flexibility index (Phi) is 3.61. The van der Waals surface area contributed by atoms with Gasteiger partial charge in [0, 0.05) is 29.4 Å². The third-order valence-electron chi connectivity index (χ3n) is 3.44. The van der Waals surface area contributed by atoms with Crippen molar-refractivity contribution in [3.63, 3.8) is 0 Å². The molecule has 1 amide bonds. The summed E-state index contributed by atoms with van der Waals surface area (Å²) in [5.41, 5.74) is 4.00. The van der Waals surface area contributed by atoms with Crippen LogP contribution in [0.4, 0.5) is 5.69 Å². The van der Waals surface area contributed by atoms with Crippen molar-refractivity contribution in [1.29, 1.82) is 0 Å². The van der Waals surface area contributed by atoms with Gasteiger partial charge in [0.15, 0.2) is 0 Å². The molecule has 0 atom stereocenters. The van der Waals surface area contributed by atoms with Crippen LogP contribution in [0.1, 0.15) is 21.5 Å². The second-order valence-electron chi connectivity index (χ2n) is 4.86. The minimum atomic E-state index is 0.0152. The molecule has 102 valence electrons. The van der Waals surface area contributed by atoms with Gasteiger partial charge in [-0.15, -0.1) is 0 Å². The number of fused-ring (bicyclic) bond motifs is 1. The number of amides is 1. The summed E-state index contributed by atoms with van der Waals surface area (Å²) in [4.78, 5) is 11.8. The lowest BCUT2D eigenvalue weighted by Gasteiger charge is -2.17. The molecule has 0 spiro atoms. The smallest absolute Gasteiger partial charge is 0.251 e. The largest absolute Gasteiger partial charge is 0.381 e. The summed E-state index contributed by atoms with van der Waals surface area (Å²) >= 11 is 5.86. The first kappa shape index (κ1) is 13.0. The summed E-state index contributed by atoms with van der Waals surface area (Å²) in [6.45, 7) is 1.43. The highest BCUT2D eigenvalue weighted by Crippen LogP contribution is 2.20. The number of carbonyl (C=O) groups excluding carboxylic acids is 1. The number of hydrogen-bond donors (Lipinski definition) is 2. The number of benzene rings is 2. The third kappa shape index (κ3) is 2.78. The lowest BCUT2D eigenvalue weighted by Crippen LogP contribution is -2.31. The van der Waals surface area contributed by atoms with Crippen LogP contribution in [0.15, 0.2) is 42.5 Å². The molecule has 3 nitrogen and oxygen atoms in total. The first-order valence-corrected chi connectivity index (χ1v) is 6.99. The Morgan fingerprint density at radius 2 is 1.95 bits per heavy atom. The van der Waals surface area contributed by atoms with Crippen molar-refractivity contribution in [3.05, 3.63) is 64.2 Å². The van der Waals surface area contributed by atoms with E-state index < -0.39 is 0 Å². The number of halogens is 1. The Hall–Kier alpha value is -2.00. The minimum Gasteiger partial charge on any atom is -0.381 e. The number of nitrogens with one attached hydrogen (secondary N) is 2. The zero-order chi connectivity index (χ0) is 13.9. The van der Waals surface area contributed by atoms with Crippen molar-refractivity contribution >= 4 is 23.2 Å². The normalized spacial score (nSPS) is 13.6. The van der Waals surface area contributed by atoms with E-state index in [9.17, 15) is 4.79 Å². The van der Waals surface area contributed by atoms with Gasteiger partial charge >= 0.3 is 0 Å². The standard InChI is InChI=1S/C16H15ClN2O/c17-13-4-1-11(2-5-13)10-19-14-6-3-12-7-8-18-16(20)15(12)9-14/h1-6,9,19H,7-8,10H2,(H,18,20).